The van der Waals surface area contributed by atoms with Gasteiger partial charge in [0.1, 0.15) is 11.6 Å². The highest BCUT2D eigenvalue weighted by molar-refractivity contribution is 5.84. The lowest BCUT2D eigenvalue weighted by molar-refractivity contribution is 0.195. The molecule has 0 amide bonds. The molecule has 4 aromatic carbocycles. The number of benzene rings is 4. The van der Waals surface area contributed by atoms with Crippen molar-refractivity contribution >= 4 is 10.8 Å². The molecular formula is C28H20F4O. The third kappa shape index (κ3) is 5.24. The smallest absolute Gasteiger partial charge is 0.159 e. The largest absolute Gasteiger partial charge is 0.385 e. The van der Waals surface area contributed by atoms with E-state index in [4.69, 9.17) is 4.74 Å². The highest BCUT2D eigenvalue weighted by Crippen LogP contribution is 2.26. The van der Waals surface area contributed by atoms with Gasteiger partial charge in [-0.15, -0.1) is 0 Å². The van der Waals surface area contributed by atoms with Gasteiger partial charge in [0.15, 0.2) is 11.6 Å². The number of halogens is 4. The van der Waals surface area contributed by atoms with E-state index in [-0.39, 0.29) is 5.56 Å². The van der Waals surface area contributed by atoms with Crippen molar-refractivity contribution in [2.45, 2.75) is 12.8 Å². The lowest BCUT2D eigenvalue weighted by Gasteiger charge is -2.07. The second-order valence-corrected chi connectivity index (χ2v) is 7.68. The van der Waals surface area contributed by atoms with E-state index in [9.17, 15) is 17.6 Å². The number of aryl methyl sites for hydroxylation is 1. The van der Waals surface area contributed by atoms with Gasteiger partial charge < -0.3 is 4.74 Å². The Kier molecular flexibility index (Phi) is 6.76. The standard InChI is InChI=1S/C28H20F4O/c1-33-12-2-3-18-6-11-24(26(30)14-18)22-10-9-20(25(29)16-22)7-4-19-5-8-21-15-27(31)28(32)17-23(21)13-19/h5-6,8-11,13-17H,2-3,12H2,1H3. The molecule has 0 saturated heterocycles. The topological polar surface area (TPSA) is 9.23 Å². The summed E-state index contributed by atoms with van der Waals surface area (Å²) in [5, 5.41) is 1.04. The maximum Gasteiger partial charge on any atom is 0.159 e. The Morgan fingerprint density at radius 3 is 2.21 bits per heavy atom. The predicted molar refractivity (Wildman–Crippen MR) is 122 cm³/mol. The molecular weight excluding hydrogens is 428 g/mol. The normalized spacial score (nSPS) is 10.8. The summed E-state index contributed by atoms with van der Waals surface area (Å²) in [5.41, 5.74) is 2.27. The van der Waals surface area contributed by atoms with E-state index >= 15 is 0 Å². The van der Waals surface area contributed by atoms with Crippen molar-refractivity contribution in [3.63, 3.8) is 0 Å². The van der Waals surface area contributed by atoms with Crippen molar-refractivity contribution in [3.8, 4) is 23.0 Å². The molecule has 1 nitrogen and oxygen atoms in total. The maximum atomic E-state index is 14.7. The second kappa shape index (κ2) is 9.89. The maximum absolute atomic E-state index is 14.7. The van der Waals surface area contributed by atoms with Gasteiger partial charge in [0.05, 0.1) is 5.56 Å². The lowest BCUT2D eigenvalue weighted by atomic mass is 10.00. The van der Waals surface area contributed by atoms with Crippen LogP contribution in [0.1, 0.15) is 23.1 Å². The molecule has 0 atom stereocenters. The zero-order valence-electron chi connectivity index (χ0n) is 17.9. The molecule has 4 aromatic rings. The van der Waals surface area contributed by atoms with Crippen LogP contribution in [0.5, 0.6) is 0 Å². The molecule has 0 saturated carbocycles. The van der Waals surface area contributed by atoms with E-state index in [1.54, 1.807) is 37.4 Å². The molecule has 166 valence electrons. The summed E-state index contributed by atoms with van der Waals surface area (Å²) in [6.45, 7) is 0.603. The molecule has 0 unspecified atom stereocenters. The summed E-state index contributed by atoms with van der Waals surface area (Å²) in [7, 11) is 1.62. The van der Waals surface area contributed by atoms with Gasteiger partial charge >= 0.3 is 0 Å². The predicted octanol–water partition coefficient (Wildman–Crippen LogP) is 7.04. The van der Waals surface area contributed by atoms with Crippen molar-refractivity contribution in [2.75, 3.05) is 13.7 Å². The molecule has 0 aliphatic carbocycles. The molecule has 0 bridgehead atoms. The first-order valence-electron chi connectivity index (χ1n) is 10.4. The third-order valence-corrected chi connectivity index (χ3v) is 5.35. The molecule has 0 radical (unpaired) electrons. The van der Waals surface area contributed by atoms with Crippen LogP contribution in [0.2, 0.25) is 0 Å². The molecule has 4 rings (SSSR count). The molecule has 0 N–H and O–H groups in total. The first-order valence-corrected chi connectivity index (χ1v) is 10.4. The Labute approximate surface area is 189 Å². The van der Waals surface area contributed by atoms with E-state index in [0.717, 1.165) is 24.1 Å². The second-order valence-electron chi connectivity index (χ2n) is 7.68. The fraction of sp³-hybridized carbons (Fsp3) is 0.143. The Bertz CT molecular complexity index is 1380. The average molecular weight is 448 g/mol. The minimum absolute atomic E-state index is 0.153. The van der Waals surface area contributed by atoms with E-state index < -0.39 is 23.3 Å². The van der Waals surface area contributed by atoms with Gasteiger partial charge in [-0.3, -0.25) is 0 Å². The highest BCUT2D eigenvalue weighted by atomic mass is 19.2. The van der Waals surface area contributed by atoms with E-state index in [0.29, 0.717) is 40.5 Å². The van der Waals surface area contributed by atoms with Gasteiger partial charge in [0.2, 0.25) is 0 Å². The fourth-order valence-electron chi connectivity index (χ4n) is 3.61. The Balaban J connectivity index is 1.56. The van der Waals surface area contributed by atoms with Crippen LogP contribution in [0.25, 0.3) is 21.9 Å². The summed E-state index contributed by atoms with van der Waals surface area (Å²) in [4.78, 5) is 0. The summed E-state index contributed by atoms with van der Waals surface area (Å²) in [5.74, 6) is 2.75. The zero-order valence-corrected chi connectivity index (χ0v) is 17.9. The lowest BCUT2D eigenvalue weighted by Crippen LogP contribution is -1.95. The SMILES string of the molecule is COCCCc1ccc(-c2ccc(C#Cc3ccc4cc(F)c(F)cc4c3)c(F)c2)c(F)c1. The summed E-state index contributed by atoms with van der Waals surface area (Å²) >= 11 is 0. The van der Waals surface area contributed by atoms with Crippen LogP contribution in [-0.2, 0) is 11.2 Å². The number of hydrogen-bond acceptors (Lipinski definition) is 1. The van der Waals surface area contributed by atoms with Crippen molar-refractivity contribution < 1.29 is 22.3 Å². The van der Waals surface area contributed by atoms with Crippen molar-refractivity contribution in [3.05, 3.63) is 107 Å². The monoisotopic (exact) mass is 448 g/mol. The zero-order chi connectivity index (χ0) is 23.4. The molecule has 5 heteroatoms. The average Bonchev–Trinajstić information content (AvgIpc) is 2.79. The van der Waals surface area contributed by atoms with E-state index in [1.807, 2.05) is 6.07 Å². The van der Waals surface area contributed by atoms with Crippen LogP contribution in [0, 0.1) is 35.1 Å². The van der Waals surface area contributed by atoms with Crippen LogP contribution in [0.15, 0.2) is 66.7 Å². The van der Waals surface area contributed by atoms with Crippen molar-refractivity contribution in [1.82, 2.24) is 0 Å². The first-order chi connectivity index (χ1) is 15.9. The number of methoxy groups -OCH3 is 1. The van der Waals surface area contributed by atoms with Gasteiger partial charge in [-0.25, -0.2) is 17.6 Å². The molecule has 0 aliphatic rings. The Morgan fingerprint density at radius 2 is 1.48 bits per heavy atom. The van der Waals surface area contributed by atoms with Crippen LogP contribution in [-0.4, -0.2) is 13.7 Å². The minimum atomic E-state index is -0.940. The van der Waals surface area contributed by atoms with E-state index in [1.165, 1.54) is 18.2 Å². The molecule has 0 aromatic heterocycles. The van der Waals surface area contributed by atoms with Crippen molar-refractivity contribution in [1.29, 1.82) is 0 Å². The third-order valence-electron chi connectivity index (χ3n) is 5.35. The van der Waals surface area contributed by atoms with E-state index in [2.05, 4.69) is 11.8 Å². The minimum Gasteiger partial charge on any atom is -0.385 e. The molecule has 0 fully saturated rings. The summed E-state index contributed by atoms with van der Waals surface area (Å²) in [6, 6.07) is 16.4. The number of ether oxygens (including phenoxy) is 1. The summed E-state index contributed by atoms with van der Waals surface area (Å²) < 4.78 is 61.1. The van der Waals surface area contributed by atoms with Crippen LogP contribution in [0.3, 0.4) is 0 Å². The highest BCUT2D eigenvalue weighted by Gasteiger charge is 2.10. The number of fused-ring (bicyclic) bond motifs is 1. The number of hydrogen-bond donors (Lipinski definition) is 0. The quantitative estimate of drug-likeness (QED) is 0.181. The van der Waals surface area contributed by atoms with Crippen molar-refractivity contribution in [2.24, 2.45) is 0 Å². The van der Waals surface area contributed by atoms with Crippen LogP contribution < -0.4 is 0 Å². The molecule has 33 heavy (non-hydrogen) atoms. The summed E-state index contributed by atoms with van der Waals surface area (Å²) in [6.07, 6.45) is 1.49. The molecule has 0 spiro atoms. The van der Waals surface area contributed by atoms with Crippen LogP contribution >= 0.6 is 0 Å². The molecule has 0 heterocycles. The Morgan fingerprint density at radius 1 is 0.697 bits per heavy atom. The van der Waals surface area contributed by atoms with Crippen LogP contribution in [0.4, 0.5) is 17.6 Å². The van der Waals surface area contributed by atoms with Gasteiger partial charge in [0.25, 0.3) is 0 Å². The number of rotatable bonds is 5. The van der Waals surface area contributed by atoms with Gasteiger partial charge in [-0.2, -0.15) is 0 Å². The first kappa shape index (κ1) is 22.6. The molecule has 0 aliphatic heterocycles. The van der Waals surface area contributed by atoms with Gasteiger partial charge in [-0.05, 0) is 77.2 Å². The van der Waals surface area contributed by atoms with Gasteiger partial charge in [0, 0.05) is 24.8 Å². The van der Waals surface area contributed by atoms with Gasteiger partial charge in [-0.1, -0.05) is 36.1 Å². The fourth-order valence-corrected chi connectivity index (χ4v) is 3.61. The Hall–Kier alpha value is -3.62.